The molecular weight excluding hydrogens is 258 g/mol. The summed E-state index contributed by atoms with van der Waals surface area (Å²) in [6.07, 6.45) is 0.537. The molecule has 0 spiro atoms. The highest BCUT2D eigenvalue weighted by molar-refractivity contribution is 6.17. The van der Waals surface area contributed by atoms with Gasteiger partial charge in [0.2, 0.25) is 0 Å². The third-order valence-corrected chi connectivity index (χ3v) is 2.63. The Labute approximate surface area is 110 Å². The van der Waals surface area contributed by atoms with Crippen molar-refractivity contribution in [1.29, 1.82) is 0 Å². The molecule has 0 bridgehead atoms. The molecule has 0 fully saturated rings. The summed E-state index contributed by atoms with van der Waals surface area (Å²) in [5, 5.41) is 21.8. The molecule has 1 unspecified atom stereocenters. The highest BCUT2D eigenvalue weighted by Gasteiger charge is 2.19. The molecule has 0 aliphatic heterocycles. The van der Waals surface area contributed by atoms with Crippen molar-refractivity contribution in [2.24, 2.45) is 0 Å². The Kier molecular flexibility index (Phi) is 5.74. The van der Waals surface area contributed by atoms with Crippen molar-refractivity contribution in [3.63, 3.8) is 0 Å². The summed E-state index contributed by atoms with van der Waals surface area (Å²) in [6.45, 7) is 0.312. The molecule has 0 radical (unpaired) electrons. The average molecular weight is 274 g/mol. The first-order chi connectivity index (χ1) is 8.60. The lowest BCUT2D eigenvalue weighted by atomic mass is 10.1. The van der Waals surface area contributed by atoms with Crippen LogP contribution in [0, 0.1) is 0 Å². The number of aromatic hydroxyl groups is 2. The largest absolute Gasteiger partial charge is 0.507 e. The minimum atomic E-state index is -0.558. The summed E-state index contributed by atoms with van der Waals surface area (Å²) in [6, 6.07) is 3.86. The molecule has 0 saturated carbocycles. The van der Waals surface area contributed by atoms with Crippen molar-refractivity contribution in [3.05, 3.63) is 23.8 Å². The number of amides is 1. The molecule has 0 saturated heterocycles. The van der Waals surface area contributed by atoms with Gasteiger partial charge >= 0.3 is 0 Å². The molecule has 18 heavy (non-hydrogen) atoms. The Bertz CT molecular complexity index is 385. The fourth-order valence-corrected chi connectivity index (χ4v) is 1.81. The maximum atomic E-state index is 11.9. The summed E-state index contributed by atoms with van der Waals surface area (Å²) in [5.41, 5.74) is -0.145. The fourth-order valence-electron chi connectivity index (χ4n) is 1.55. The van der Waals surface area contributed by atoms with Gasteiger partial charge < -0.3 is 20.3 Å². The van der Waals surface area contributed by atoms with E-state index in [9.17, 15) is 15.0 Å². The number of ether oxygens (including phenoxy) is 1. The number of carbonyl (C=O) groups excluding carboxylic acids is 1. The SMILES string of the molecule is COCC(CCCl)NC(=O)c1c(O)cccc1O. The van der Waals surface area contributed by atoms with E-state index in [1.54, 1.807) is 0 Å². The van der Waals surface area contributed by atoms with Crippen LogP contribution in [0.15, 0.2) is 18.2 Å². The van der Waals surface area contributed by atoms with Crippen LogP contribution < -0.4 is 5.32 Å². The molecule has 1 atom stereocenters. The van der Waals surface area contributed by atoms with Crippen LogP contribution in [0.3, 0.4) is 0 Å². The number of alkyl halides is 1. The summed E-state index contributed by atoms with van der Waals surface area (Å²) in [5.74, 6) is -0.719. The third kappa shape index (κ3) is 3.78. The van der Waals surface area contributed by atoms with Gasteiger partial charge in [0, 0.05) is 13.0 Å². The second-order valence-corrected chi connectivity index (χ2v) is 4.15. The quantitative estimate of drug-likeness (QED) is 0.686. The van der Waals surface area contributed by atoms with E-state index in [1.165, 1.54) is 25.3 Å². The smallest absolute Gasteiger partial charge is 0.259 e. The zero-order chi connectivity index (χ0) is 13.5. The number of phenols is 2. The predicted molar refractivity (Wildman–Crippen MR) is 68.2 cm³/mol. The molecule has 5 nitrogen and oxygen atoms in total. The summed E-state index contributed by atoms with van der Waals surface area (Å²) in [4.78, 5) is 11.9. The van der Waals surface area contributed by atoms with Gasteiger partial charge in [-0.25, -0.2) is 0 Å². The molecule has 1 amide bonds. The second kappa shape index (κ2) is 7.08. The Morgan fingerprint density at radius 1 is 1.44 bits per heavy atom. The van der Waals surface area contributed by atoms with E-state index in [2.05, 4.69) is 5.32 Å². The lowest BCUT2D eigenvalue weighted by molar-refractivity contribution is 0.0889. The first kappa shape index (κ1) is 14.6. The van der Waals surface area contributed by atoms with E-state index < -0.39 is 5.91 Å². The Morgan fingerprint density at radius 3 is 2.56 bits per heavy atom. The highest BCUT2D eigenvalue weighted by atomic mass is 35.5. The molecule has 1 aromatic rings. The number of benzene rings is 1. The van der Waals surface area contributed by atoms with E-state index in [1.807, 2.05) is 0 Å². The lowest BCUT2D eigenvalue weighted by Gasteiger charge is -2.17. The Hall–Kier alpha value is -1.46. The van der Waals surface area contributed by atoms with Crippen LogP contribution in [0.2, 0.25) is 0 Å². The number of hydrogen-bond acceptors (Lipinski definition) is 4. The zero-order valence-electron chi connectivity index (χ0n) is 10.0. The highest BCUT2D eigenvalue weighted by Crippen LogP contribution is 2.26. The molecule has 0 heterocycles. The minimum Gasteiger partial charge on any atom is -0.507 e. The first-order valence-electron chi connectivity index (χ1n) is 5.46. The molecule has 6 heteroatoms. The van der Waals surface area contributed by atoms with E-state index in [0.717, 1.165) is 0 Å². The van der Waals surface area contributed by atoms with Crippen LogP contribution in [-0.4, -0.2) is 41.8 Å². The van der Waals surface area contributed by atoms with Crippen LogP contribution in [0.5, 0.6) is 11.5 Å². The van der Waals surface area contributed by atoms with Crippen molar-refractivity contribution in [3.8, 4) is 11.5 Å². The number of halogens is 1. The van der Waals surface area contributed by atoms with Crippen LogP contribution in [0.4, 0.5) is 0 Å². The van der Waals surface area contributed by atoms with Crippen molar-refractivity contribution >= 4 is 17.5 Å². The minimum absolute atomic E-state index is 0.145. The van der Waals surface area contributed by atoms with E-state index in [4.69, 9.17) is 16.3 Å². The van der Waals surface area contributed by atoms with E-state index >= 15 is 0 Å². The number of phenolic OH excluding ortho intramolecular Hbond substituents is 2. The van der Waals surface area contributed by atoms with Gasteiger partial charge in [0.25, 0.3) is 5.91 Å². The van der Waals surface area contributed by atoms with Crippen LogP contribution >= 0.6 is 11.6 Å². The van der Waals surface area contributed by atoms with Gasteiger partial charge in [-0.05, 0) is 18.6 Å². The number of hydrogen-bond donors (Lipinski definition) is 3. The fraction of sp³-hybridized carbons (Fsp3) is 0.417. The molecule has 100 valence electrons. The third-order valence-electron chi connectivity index (χ3n) is 2.41. The second-order valence-electron chi connectivity index (χ2n) is 3.77. The molecular formula is C12H16ClNO4. The number of carbonyl (C=O) groups is 1. The summed E-state index contributed by atoms with van der Waals surface area (Å²) < 4.78 is 4.96. The van der Waals surface area contributed by atoms with Crippen molar-refractivity contribution < 1.29 is 19.7 Å². The van der Waals surface area contributed by atoms with Gasteiger partial charge in [-0.1, -0.05) is 6.07 Å². The van der Waals surface area contributed by atoms with Gasteiger partial charge in [0.05, 0.1) is 12.6 Å². The summed E-state index contributed by atoms with van der Waals surface area (Å²) >= 11 is 5.62. The van der Waals surface area contributed by atoms with E-state index in [-0.39, 0.29) is 23.1 Å². The van der Waals surface area contributed by atoms with Gasteiger partial charge in [-0.15, -0.1) is 11.6 Å². The van der Waals surface area contributed by atoms with Gasteiger partial charge in [0.1, 0.15) is 17.1 Å². The van der Waals surface area contributed by atoms with Gasteiger partial charge in [0.15, 0.2) is 0 Å². The van der Waals surface area contributed by atoms with Crippen LogP contribution in [0.25, 0.3) is 0 Å². The maximum Gasteiger partial charge on any atom is 0.259 e. The zero-order valence-corrected chi connectivity index (χ0v) is 10.8. The van der Waals surface area contributed by atoms with Crippen LogP contribution in [0.1, 0.15) is 16.8 Å². The predicted octanol–water partition coefficient (Wildman–Crippen LogP) is 1.47. The van der Waals surface area contributed by atoms with E-state index in [0.29, 0.717) is 18.9 Å². The molecule has 3 N–H and O–H groups in total. The Morgan fingerprint density at radius 2 is 2.06 bits per heavy atom. The monoisotopic (exact) mass is 273 g/mol. The van der Waals surface area contributed by atoms with Crippen molar-refractivity contribution in [2.45, 2.75) is 12.5 Å². The van der Waals surface area contributed by atoms with Crippen molar-refractivity contribution in [1.82, 2.24) is 5.32 Å². The topological polar surface area (TPSA) is 78.8 Å². The molecule has 0 aliphatic rings. The standard InChI is InChI=1S/C12H16ClNO4/c1-18-7-8(5-6-13)14-12(17)11-9(15)3-2-4-10(11)16/h2-4,8,15-16H,5-7H2,1H3,(H,14,17). The molecule has 0 aliphatic carbocycles. The summed E-state index contributed by atoms with van der Waals surface area (Å²) in [7, 11) is 1.52. The Balaban J connectivity index is 2.80. The normalized spacial score (nSPS) is 12.1. The molecule has 1 rings (SSSR count). The number of nitrogens with one attached hydrogen (secondary N) is 1. The molecule has 1 aromatic carbocycles. The van der Waals surface area contributed by atoms with Gasteiger partial charge in [-0.2, -0.15) is 0 Å². The van der Waals surface area contributed by atoms with Crippen LogP contribution in [-0.2, 0) is 4.74 Å². The lowest BCUT2D eigenvalue weighted by Crippen LogP contribution is -2.38. The van der Waals surface area contributed by atoms with Gasteiger partial charge in [-0.3, -0.25) is 4.79 Å². The number of methoxy groups -OCH3 is 1. The van der Waals surface area contributed by atoms with Crippen molar-refractivity contribution in [2.75, 3.05) is 19.6 Å². The first-order valence-corrected chi connectivity index (χ1v) is 6.00. The maximum absolute atomic E-state index is 11.9. The number of rotatable bonds is 6. The molecule has 0 aromatic heterocycles. The average Bonchev–Trinajstić information content (AvgIpc) is 2.29.